The zero-order chi connectivity index (χ0) is 24.3. The van der Waals surface area contributed by atoms with Gasteiger partial charge in [-0.2, -0.15) is 0 Å². The number of amides is 1. The molecule has 7 nitrogen and oxygen atoms in total. The molecule has 3 rings (SSSR count). The van der Waals surface area contributed by atoms with Gasteiger partial charge in [-0.05, 0) is 36.2 Å². The molecular formula is C25H25Cl2N5O2. The Morgan fingerprint density at radius 3 is 2.65 bits per heavy atom. The van der Waals surface area contributed by atoms with Crippen LogP contribution in [0.4, 0.5) is 5.95 Å². The number of halogens is 2. The van der Waals surface area contributed by atoms with Crippen molar-refractivity contribution >= 4 is 35.1 Å². The maximum atomic E-state index is 12.8. The van der Waals surface area contributed by atoms with Crippen LogP contribution < -0.4 is 16.2 Å². The number of nitrogens with one attached hydrogen (secondary N) is 2. The summed E-state index contributed by atoms with van der Waals surface area (Å²) in [5, 5.41) is 6.73. The van der Waals surface area contributed by atoms with Crippen LogP contribution >= 0.6 is 23.2 Å². The van der Waals surface area contributed by atoms with Gasteiger partial charge in [0.2, 0.25) is 5.95 Å². The normalized spacial score (nSPS) is 10.3. The molecule has 0 unspecified atom stereocenters. The molecule has 1 amide bonds. The molecule has 0 saturated carbocycles. The molecule has 176 valence electrons. The molecule has 0 bridgehead atoms. The van der Waals surface area contributed by atoms with Gasteiger partial charge in [-0.15, -0.1) is 11.8 Å². The van der Waals surface area contributed by atoms with Crippen LogP contribution in [0.2, 0.25) is 10.0 Å². The van der Waals surface area contributed by atoms with E-state index in [0.29, 0.717) is 41.9 Å². The molecule has 0 aliphatic rings. The summed E-state index contributed by atoms with van der Waals surface area (Å²) in [6.07, 6.45) is 5.17. The second-order valence-electron chi connectivity index (χ2n) is 7.40. The van der Waals surface area contributed by atoms with E-state index in [4.69, 9.17) is 23.2 Å². The molecule has 2 N–H and O–H groups in total. The Labute approximate surface area is 208 Å². The predicted octanol–water partition coefficient (Wildman–Crippen LogP) is 4.18. The van der Waals surface area contributed by atoms with E-state index in [1.807, 2.05) is 19.1 Å². The predicted molar refractivity (Wildman–Crippen MR) is 136 cm³/mol. The van der Waals surface area contributed by atoms with Crippen LogP contribution in [-0.2, 0) is 13.0 Å². The number of rotatable bonds is 9. The van der Waals surface area contributed by atoms with Gasteiger partial charge in [-0.1, -0.05) is 42.3 Å². The van der Waals surface area contributed by atoms with Gasteiger partial charge in [0.15, 0.2) is 0 Å². The molecule has 0 aliphatic heterocycles. The van der Waals surface area contributed by atoms with E-state index >= 15 is 0 Å². The van der Waals surface area contributed by atoms with Crippen molar-refractivity contribution in [2.24, 2.45) is 0 Å². The molecule has 3 aromatic rings. The molecule has 0 saturated heterocycles. The van der Waals surface area contributed by atoms with Gasteiger partial charge in [-0.3, -0.25) is 9.59 Å². The zero-order valence-electron chi connectivity index (χ0n) is 18.8. The standard InChI is InChI=1S/C25H25Cl2N5O2/c1-2-21-10-13-30-25(31-21)29-12-6-4-3-5-11-28-23(33)22-15-20(27)17-32(24(22)34)16-18-8-7-9-19(26)14-18/h7-10,13-15,17H,2,5-6,11-12,16H2,1H3,(H,28,33)(H,29,30,31). The van der Waals surface area contributed by atoms with Crippen LogP contribution in [0.3, 0.4) is 0 Å². The highest BCUT2D eigenvalue weighted by Crippen LogP contribution is 2.13. The Balaban J connectivity index is 1.48. The highest BCUT2D eigenvalue weighted by atomic mass is 35.5. The molecular weight excluding hydrogens is 473 g/mol. The second-order valence-corrected chi connectivity index (χ2v) is 8.27. The summed E-state index contributed by atoms with van der Waals surface area (Å²) in [5.41, 5.74) is 1.38. The summed E-state index contributed by atoms with van der Waals surface area (Å²) in [6, 6.07) is 10.4. The number of carbonyl (C=O) groups excluding carboxylic acids is 1. The van der Waals surface area contributed by atoms with E-state index in [2.05, 4.69) is 32.4 Å². The lowest BCUT2D eigenvalue weighted by Crippen LogP contribution is -2.33. The number of aromatic nitrogens is 3. The Bertz CT molecular complexity index is 1260. The van der Waals surface area contributed by atoms with E-state index < -0.39 is 11.5 Å². The van der Waals surface area contributed by atoms with E-state index in [0.717, 1.165) is 17.7 Å². The van der Waals surface area contributed by atoms with Gasteiger partial charge in [0.1, 0.15) is 5.56 Å². The first-order valence-electron chi connectivity index (χ1n) is 10.9. The number of nitrogens with zero attached hydrogens (tertiary/aromatic N) is 3. The first-order valence-corrected chi connectivity index (χ1v) is 11.7. The Kier molecular flexibility index (Phi) is 9.51. The Morgan fingerprint density at radius 2 is 1.88 bits per heavy atom. The quantitative estimate of drug-likeness (QED) is 0.341. The van der Waals surface area contributed by atoms with Crippen molar-refractivity contribution in [2.45, 2.75) is 32.7 Å². The maximum Gasteiger partial charge on any atom is 0.263 e. The lowest BCUT2D eigenvalue weighted by atomic mass is 10.2. The van der Waals surface area contributed by atoms with Crippen molar-refractivity contribution in [2.75, 3.05) is 18.4 Å². The molecule has 9 heteroatoms. The van der Waals surface area contributed by atoms with Crippen molar-refractivity contribution in [1.82, 2.24) is 19.9 Å². The number of benzene rings is 1. The van der Waals surface area contributed by atoms with Crippen molar-refractivity contribution in [1.29, 1.82) is 0 Å². The fourth-order valence-corrected chi connectivity index (χ4v) is 3.58. The minimum Gasteiger partial charge on any atom is -0.353 e. The summed E-state index contributed by atoms with van der Waals surface area (Å²) in [5.74, 6) is 6.16. The van der Waals surface area contributed by atoms with E-state index in [1.165, 1.54) is 16.8 Å². The fraction of sp³-hybridized carbons (Fsp3) is 0.280. The highest BCUT2D eigenvalue weighted by Gasteiger charge is 2.14. The molecule has 1 aromatic carbocycles. The number of pyridine rings is 1. The molecule has 0 atom stereocenters. The number of carbonyl (C=O) groups is 1. The largest absolute Gasteiger partial charge is 0.353 e. The van der Waals surface area contributed by atoms with Gasteiger partial charge in [0.05, 0.1) is 11.6 Å². The number of hydrogen-bond acceptors (Lipinski definition) is 5. The molecule has 0 spiro atoms. The average molecular weight is 498 g/mol. The van der Waals surface area contributed by atoms with E-state index in [9.17, 15) is 9.59 Å². The van der Waals surface area contributed by atoms with Crippen LogP contribution in [0.15, 0.2) is 53.6 Å². The Hall–Kier alpha value is -3.34. The van der Waals surface area contributed by atoms with Crippen molar-refractivity contribution in [3.63, 3.8) is 0 Å². The highest BCUT2D eigenvalue weighted by molar-refractivity contribution is 6.31. The minimum absolute atomic E-state index is 0.0130. The minimum atomic E-state index is -0.483. The summed E-state index contributed by atoms with van der Waals surface area (Å²) < 4.78 is 1.40. The number of aryl methyl sites for hydroxylation is 1. The van der Waals surface area contributed by atoms with Crippen molar-refractivity contribution in [3.8, 4) is 11.8 Å². The van der Waals surface area contributed by atoms with Crippen molar-refractivity contribution < 1.29 is 4.79 Å². The molecule has 2 heterocycles. The van der Waals surface area contributed by atoms with E-state index in [-0.39, 0.29) is 12.1 Å². The Morgan fingerprint density at radius 1 is 1.09 bits per heavy atom. The molecule has 0 fully saturated rings. The van der Waals surface area contributed by atoms with Crippen LogP contribution in [-0.4, -0.2) is 33.5 Å². The SMILES string of the molecule is CCc1ccnc(NCCC#CCCNC(=O)c2cc(Cl)cn(Cc3cccc(Cl)c3)c2=O)n1. The van der Waals surface area contributed by atoms with Gasteiger partial charge in [0.25, 0.3) is 11.5 Å². The average Bonchev–Trinajstić information content (AvgIpc) is 2.83. The first kappa shape index (κ1) is 25.3. The zero-order valence-corrected chi connectivity index (χ0v) is 20.3. The monoisotopic (exact) mass is 497 g/mol. The van der Waals surface area contributed by atoms with E-state index in [1.54, 1.807) is 24.4 Å². The van der Waals surface area contributed by atoms with Gasteiger partial charge >= 0.3 is 0 Å². The summed E-state index contributed by atoms with van der Waals surface area (Å²) in [7, 11) is 0. The molecule has 2 aromatic heterocycles. The maximum absolute atomic E-state index is 12.8. The molecule has 34 heavy (non-hydrogen) atoms. The lowest BCUT2D eigenvalue weighted by molar-refractivity contribution is 0.0952. The summed E-state index contributed by atoms with van der Waals surface area (Å²) in [6.45, 7) is 3.25. The lowest BCUT2D eigenvalue weighted by Gasteiger charge is -2.10. The van der Waals surface area contributed by atoms with Crippen molar-refractivity contribution in [3.05, 3.63) is 86.0 Å². The summed E-state index contributed by atoms with van der Waals surface area (Å²) in [4.78, 5) is 33.9. The molecule has 0 aliphatic carbocycles. The molecule has 0 radical (unpaired) electrons. The third-order valence-corrected chi connectivity index (χ3v) is 5.25. The van der Waals surface area contributed by atoms with Gasteiger partial charge in [-0.25, -0.2) is 9.97 Å². The van der Waals surface area contributed by atoms with Gasteiger partial charge < -0.3 is 15.2 Å². The first-order chi connectivity index (χ1) is 16.5. The van der Waals surface area contributed by atoms with Crippen LogP contribution in [0, 0.1) is 11.8 Å². The van der Waals surface area contributed by atoms with Crippen LogP contribution in [0.1, 0.15) is 41.4 Å². The number of hydrogen-bond donors (Lipinski definition) is 2. The smallest absolute Gasteiger partial charge is 0.263 e. The second kappa shape index (κ2) is 12.8. The van der Waals surface area contributed by atoms with Crippen LogP contribution in [0.5, 0.6) is 0 Å². The fourth-order valence-electron chi connectivity index (χ4n) is 3.14. The number of anilines is 1. The topological polar surface area (TPSA) is 88.9 Å². The van der Waals surface area contributed by atoms with Crippen LogP contribution in [0.25, 0.3) is 0 Å². The van der Waals surface area contributed by atoms with Gasteiger partial charge in [0, 0.05) is 49.0 Å². The summed E-state index contributed by atoms with van der Waals surface area (Å²) >= 11 is 12.2. The third-order valence-electron chi connectivity index (χ3n) is 4.81. The third kappa shape index (κ3) is 7.62.